The maximum Gasteiger partial charge on any atom is 0.126 e. The van der Waals surface area contributed by atoms with Crippen LogP contribution in [0.4, 0.5) is 10.1 Å². The fraction of sp³-hybridized carbons (Fsp3) is 0.500. The van der Waals surface area contributed by atoms with Crippen molar-refractivity contribution >= 4 is 5.69 Å². The summed E-state index contributed by atoms with van der Waals surface area (Å²) in [5.74, 6) is -0.323. The topological polar surface area (TPSA) is 47.3 Å². The van der Waals surface area contributed by atoms with Crippen molar-refractivity contribution in [2.75, 3.05) is 11.9 Å². The van der Waals surface area contributed by atoms with Crippen molar-refractivity contribution in [2.24, 2.45) is 0 Å². The summed E-state index contributed by atoms with van der Waals surface area (Å²) >= 11 is 0. The van der Waals surface area contributed by atoms with Crippen LogP contribution >= 0.6 is 0 Å². The van der Waals surface area contributed by atoms with Crippen molar-refractivity contribution in [1.82, 2.24) is 0 Å². The molecule has 0 heterocycles. The molecule has 1 aromatic carbocycles. The minimum Gasteiger partial charge on any atom is -0.389 e. The van der Waals surface area contributed by atoms with Gasteiger partial charge >= 0.3 is 0 Å². The van der Waals surface area contributed by atoms with E-state index >= 15 is 0 Å². The molecule has 4 heteroatoms. The predicted octanol–water partition coefficient (Wildman–Crippen LogP) is 2.93. The first-order valence-electron chi connectivity index (χ1n) is 5.96. The van der Waals surface area contributed by atoms with E-state index in [0.717, 1.165) is 5.69 Å². The summed E-state index contributed by atoms with van der Waals surface area (Å²) in [4.78, 5) is 1.90. The minimum atomic E-state index is -0.744. The monoisotopic (exact) mass is 250 g/mol. The van der Waals surface area contributed by atoms with E-state index in [4.69, 9.17) is 5.26 Å². The number of halogens is 1. The first-order valence-corrected chi connectivity index (χ1v) is 5.96. The number of hydrogen-bond acceptors (Lipinski definition) is 3. The molecule has 0 bridgehead atoms. The van der Waals surface area contributed by atoms with Gasteiger partial charge in [0.05, 0.1) is 18.6 Å². The van der Waals surface area contributed by atoms with Crippen molar-refractivity contribution in [3.8, 4) is 6.07 Å². The molecule has 0 aliphatic rings. The molecule has 2 atom stereocenters. The number of nitrogens with zero attached hydrogens (tertiary/aromatic N) is 2. The van der Waals surface area contributed by atoms with E-state index in [1.165, 1.54) is 6.07 Å². The second-order valence-electron chi connectivity index (χ2n) is 4.66. The Morgan fingerprint density at radius 2 is 2.06 bits per heavy atom. The molecule has 18 heavy (non-hydrogen) atoms. The van der Waals surface area contributed by atoms with E-state index in [-0.39, 0.29) is 11.9 Å². The Bertz CT molecular complexity index is 466. The third-order valence-electron chi connectivity index (χ3n) is 3.19. The normalized spacial score (nSPS) is 13.8. The SMILES string of the molecule is Cc1cc(N(C)C(C)CC#N)c(C(C)O)cc1F. The molecular formula is C14H19FN2O. The average Bonchev–Trinajstić information content (AvgIpc) is 2.31. The van der Waals surface area contributed by atoms with Crippen molar-refractivity contribution < 1.29 is 9.50 Å². The zero-order chi connectivity index (χ0) is 13.9. The molecule has 0 aromatic heterocycles. The van der Waals surface area contributed by atoms with Crippen LogP contribution in [0.3, 0.4) is 0 Å². The van der Waals surface area contributed by atoms with Crippen LogP contribution in [0.5, 0.6) is 0 Å². The second kappa shape index (κ2) is 5.83. The Morgan fingerprint density at radius 3 is 2.56 bits per heavy atom. The van der Waals surface area contributed by atoms with Crippen LogP contribution in [0, 0.1) is 24.1 Å². The second-order valence-corrected chi connectivity index (χ2v) is 4.66. The van der Waals surface area contributed by atoms with Gasteiger partial charge < -0.3 is 10.0 Å². The van der Waals surface area contributed by atoms with E-state index in [2.05, 4.69) is 6.07 Å². The largest absolute Gasteiger partial charge is 0.389 e. The van der Waals surface area contributed by atoms with Crippen molar-refractivity contribution in [2.45, 2.75) is 39.3 Å². The molecule has 98 valence electrons. The number of aryl methyl sites for hydroxylation is 1. The van der Waals surface area contributed by atoms with Gasteiger partial charge in [0.2, 0.25) is 0 Å². The molecular weight excluding hydrogens is 231 g/mol. The lowest BCUT2D eigenvalue weighted by Crippen LogP contribution is -2.29. The number of rotatable bonds is 4. The minimum absolute atomic E-state index is 0.0114. The zero-order valence-electron chi connectivity index (χ0n) is 11.2. The van der Waals surface area contributed by atoms with Crippen molar-refractivity contribution in [3.63, 3.8) is 0 Å². The van der Waals surface area contributed by atoms with Crippen LogP contribution < -0.4 is 4.90 Å². The maximum absolute atomic E-state index is 13.6. The third kappa shape index (κ3) is 2.99. The molecule has 1 N–H and O–H groups in total. The Kier molecular flexibility index (Phi) is 4.69. The summed E-state index contributed by atoms with van der Waals surface area (Å²) in [7, 11) is 1.85. The van der Waals surface area contributed by atoms with Crippen LogP contribution in [-0.2, 0) is 0 Å². The molecule has 0 saturated heterocycles. The summed E-state index contributed by atoms with van der Waals surface area (Å²) in [5.41, 5.74) is 1.85. The molecule has 1 aromatic rings. The highest BCUT2D eigenvalue weighted by Crippen LogP contribution is 2.30. The van der Waals surface area contributed by atoms with Crippen molar-refractivity contribution in [1.29, 1.82) is 5.26 Å². The molecule has 3 nitrogen and oxygen atoms in total. The molecule has 0 aliphatic heterocycles. The summed E-state index contributed by atoms with van der Waals surface area (Å²) in [6.45, 7) is 5.22. The maximum atomic E-state index is 13.6. The first kappa shape index (κ1) is 14.5. The molecule has 0 saturated carbocycles. The van der Waals surface area contributed by atoms with Crippen molar-refractivity contribution in [3.05, 3.63) is 29.1 Å². The number of hydrogen-bond donors (Lipinski definition) is 1. The fourth-order valence-electron chi connectivity index (χ4n) is 1.83. The Labute approximate surface area is 107 Å². The Morgan fingerprint density at radius 1 is 1.44 bits per heavy atom. The van der Waals surface area contributed by atoms with Gasteiger partial charge in [-0.3, -0.25) is 0 Å². The first-order chi connectivity index (χ1) is 8.38. The number of nitriles is 1. The molecule has 0 spiro atoms. The van der Waals surface area contributed by atoms with Gasteiger partial charge in [-0.25, -0.2) is 4.39 Å². The molecule has 1 rings (SSSR count). The zero-order valence-corrected chi connectivity index (χ0v) is 11.2. The van der Waals surface area contributed by atoms with Gasteiger partial charge in [0, 0.05) is 24.3 Å². The quantitative estimate of drug-likeness (QED) is 0.893. The van der Waals surface area contributed by atoms with Gasteiger partial charge in [-0.2, -0.15) is 5.26 Å². The molecule has 0 fully saturated rings. The highest BCUT2D eigenvalue weighted by molar-refractivity contribution is 5.57. The number of aliphatic hydroxyl groups excluding tert-OH is 1. The summed E-state index contributed by atoms with van der Waals surface area (Å²) < 4.78 is 13.6. The lowest BCUT2D eigenvalue weighted by atomic mass is 10.0. The van der Waals surface area contributed by atoms with Gasteiger partial charge in [0.15, 0.2) is 0 Å². The van der Waals surface area contributed by atoms with Gasteiger partial charge in [0.1, 0.15) is 5.82 Å². The smallest absolute Gasteiger partial charge is 0.126 e. The van der Waals surface area contributed by atoms with Crippen LogP contribution in [-0.4, -0.2) is 18.2 Å². The Hall–Kier alpha value is -1.60. The standard InChI is InChI=1S/C14H19FN2O/c1-9-7-14(17(4)10(2)5-6-16)12(11(3)18)8-13(9)15/h7-8,10-11,18H,5H2,1-4H3. The lowest BCUT2D eigenvalue weighted by Gasteiger charge is -2.29. The van der Waals surface area contributed by atoms with Gasteiger partial charge in [0.25, 0.3) is 0 Å². The van der Waals surface area contributed by atoms with Crippen LogP contribution in [0.25, 0.3) is 0 Å². The number of anilines is 1. The van der Waals surface area contributed by atoms with Crippen LogP contribution in [0.2, 0.25) is 0 Å². The average molecular weight is 250 g/mol. The van der Waals surface area contributed by atoms with E-state index < -0.39 is 6.10 Å². The Balaban J connectivity index is 3.22. The predicted molar refractivity (Wildman–Crippen MR) is 69.9 cm³/mol. The summed E-state index contributed by atoms with van der Waals surface area (Å²) in [6.07, 6.45) is -0.363. The molecule has 0 radical (unpaired) electrons. The third-order valence-corrected chi connectivity index (χ3v) is 3.19. The number of benzene rings is 1. The van der Waals surface area contributed by atoms with Crippen LogP contribution in [0.15, 0.2) is 12.1 Å². The fourth-order valence-corrected chi connectivity index (χ4v) is 1.83. The molecule has 2 unspecified atom stereocenters. The van der Waals surface area contributed by atoms with E-state index in [1.54, 1.807) is 19.9 Å². The molecule has 0 amide bonds. The molecule has 0 aliphatic carbocycles. The van der Waals surface area contributed by atoms with Gasteiger partial charge in [-0.15, -0.1) is 0 Å². The lowest BCUT2D eigenvalue weighted by molar-refractivity contribution is 0.199. The van der Waals surface area contributed by atoms with Crippen LogP contribution in [0.1, 0.15) is 37.5 Å². The van der Waals surface area contributed by atoms with Gasteiger partial charge in [-0.05, 0) is 38.5 Å². The van der Waals surface area contributed by atoms with E-state index in [1.807, 2.05) is 18.9 Å². The summed E-state index contributed by atoms with van der Waals surface area (Å²) in [5, 5.41) is 18.4. The number of aliphatic hydroxyl groups is 1. The highest BCUT2D eigenvalue weighted by atomic mass is 19.1. The van der Waals surface area contributed by atoms with E-state index in [9.17, 15) is 9.50 Å². The highest BCUT2D eigenvalue weighted by Gasteiger charge is 2.18. The van der Waals surface area contributed by atoms with Gasteiger partial charge in [-0.1, -0.05) is 0 Å². The van der Waals surface area contributed by atoms with E-state index in [0.29, 0.717) is 17.5 Å². The summed E-state index contributed by atoms with van der Waals surface area (Å²) in [6, 6.07) is 5.21.